The topological polar surface area (TPSA) is 50.7 Å². The quantitative estimate of drug-likeness (QED) is 0.897. The standard InChI is InChI=1S/C18H27NO3/c1-21-14-8-9-18-15(11-14)17(7-4-10-22-18)19-16-6-3-2-5-13(16)12-20/h8-9,11,13,16-17,19-20H,2-7,10,12H2,1H3. The Kier molecular flexibility index (Phi) is 5.21. The van der Waals surface area contributed by atoms with Crippen molar-refractivity contribution in [3.05, 3.63) is 23.8 Å². The minimum Gasteiger partial charge on any atom is -0.497 e. The lowest BCUT2D eigenvalue weighted by molar-refractivity contribution is 0.144. The zero-order valence-electron chi connectivity index (χ0n) is 13.4. The molecule has 4 nitrogen and oxygen atoms in total. The third-order valence-corrected chi connectivity index (χ3v) is 5.05. The van der Waals surface area contributed by atoms with Crippen LogP contribution >= 0.6 is 0 Å². The van der Waals surface area contributed by atoms with E-state index >= 15 is 0 Å². The van der Waals surface area contributed by atoms with E-state index in [9.17, 15) is 5.11 Å². The van der Waals surface area contributed by atoms with Gasteiger partial charge >= 0.3 is 0 Å². The van der Waals surface area contributed by atoms with Crippen LogP contribution in [0.4, 0.5) is 0 Å². The van der Waals surface area contributed by atoms with E-state index < -0.39 is 0 Å². The number of rotatable bonds is 4. The van der Waals surface area contributed by atoms with Crippen molar-refractivity contribution in [2.45, 2.75) is 50.6 Å². The summed E-state index contributed by atoms with van der Waals surface area (Å²) < 4.78 is 11.3. The van der Waals surface area contributed by atoms with Crippen LogP contribution in [0.1, 0.15) is 50.1 Å². The highest BCUT2D eigenvalue weighted by Gasteiger charge is 2.29. The van der Waals surface area contributed by atoms with Gasteiger partial charge in [0.2, 0.25) is 0 Å². The van der Waals surface area contributed by atoms with Gasteiger partial charge in [0.25, 0.3) is 0 Å². The molecule has 0 radical (unpaired) electrons. The maximum Gasteiger partial charge on any atom is 0.124 e. The van der Waals surface area contributed by atoms with Gasteiger partial charge in [-0.1, -0.05) is 12.8 Å². The van der Waals surface area contributed by atoms with Crippen LogP contribution in [0, 0.1) is 5.92 Å². The van der Waals surface area contributed by atoms with Crippen LogP contribution in [0.25, 0.3) is 0 Å². The lowest BCUT2D eigenvalue weighted by Crippen LogP contribution is -2.42. The minimum absolute atomic E-state index is 0.282. The van der Waals surface area contributed by atoms with Gasteiger partial charge in [-0.25, -0.2) is 0 Å². The molecule has 4 heteroatoms. The fourth-order valence-corrected chi connectivity index (χ4v) is 3.76. The second-order valence-corrected chi connectivity index (χ2v) is 6.45. The molecule has 1 fully saturated rings. The predicted molar refractivity (Wildman–Crippen MR) is 86.4 cm³/mol. The molecule has 0 aromatic heterocycles. The number of ether oxygens (including phenoxy) is 2. The molecule has 1 aromatic rings. The Morgan fingerprint density at radius 2 is 2.09 bits per heavy atom. The van der Waals surface area contributed by atoms with Gasteiger partial charge < -0.3 is 19.9 Å². The van der Waals surface area contributed by atoms with Gasteiger partial charge in [-0.15, -0.1) is 0 Å². The van der Waals surface area contributed by atoms with E-state index in [0.29, 0.717) is 12.0 Å². The van der Waals surface area contributed by atoms with Gasteiger partial charge in [0.1, 0.15) is 11.5 Å². The van der Waals surface area contributed by atoms with Gasteiger partial charge in [0.15, 0.2) is 0 Å². The lowest BCUT2D eigenvalue weighted by atomic mass is 9.84. The zero-order valence-corrected chi connectivity index (χ0v) is 13.4. The van der Waals surface area contributed by atoms with Crippen LogP contribution in [-0.2, 0) is 0 Å². The summed E-state index contributed by atoms with van der Waals surface area (Å²) in [5.41, 5.74) is 1.19. The molecule has 3 rings (SSSR count). The summed E-state index contributed by atoms with van der Waals surface area (Å²) in [5.74, 6) is 2.22. The molecule has 1 aliphatic carbocycles. The highest BCUT2D eigenvalue weighted by atomic mass is 16.5. The molecule has 0 bridgehead atoms. The largest absolute Gasteiger partial charge is 0.497 e. The van der Waals surface area contributed by atoms with Crippen molar-refractivity contribution in [2.24, 2.45) is 5.92 Å². The first-order valence-corrected chi connectivity index (χ1v) is 8.49. The Bertz CT molecular complexity index is 491. The molecule has 2 aliphatic rings. The van der Waals surface area contributed by atoms with Crippen molar-refractivity contribution in [1.29, 1.82) is 0 Å². The van der Waals surface area contributed by atoms with Crippen molar-refractivity contribution < 1.29 is 14.6 Å². The maximum absolute atomic E-state index is 9.64. The van der Waals surface area contributed by atoms with Crippen molar-refractivity contribution in [2.75, 3.05) is 20.3 Å². The van der Waals surface area contributed by atoms with Crippen LogP contribution in [0.15, 0.2) is 18.2 Å². The minimum atomic E-state index is 0.282. The number of aliphatic hydroxyl groups is 1. The number of hydrogen-bond acceptors (Lipinski definition) is 4. The summed E-state index contributed by atoms with van der Waals surface area (Å²) in [6, 6.07) is 6.75. The van der Waals surface area contributed by atoms with Crippen molar-refractivity contribution in [1.82, 2.24) is 5.32 Å². The van der Waals surface area contributed by atoms with Crippen molar-refractivity contribution in [3.8, 4) is 11.5 Å². The first kappa shape index (κ1) is 15.6. The second-order valence-electron chi connectivity index (χ2n) is 6.45. The molecule has 0 spiro atoms. The number of nitrogens with one attached hydrogen (secondary N) is 1. The van der Waals surface area contributed by atoms with Crippen LogP contribution in [0.5, 0.6) is 11.5 Å². The van der Waals surface area contributed by atoms with E-state index in [1.54, 1.807) is 7.11 Å². The zero-order chi connectivity index (χ0) is 15.4. The summed E-state index contributed by atoms with van der Waals surface area (Å²) in [6.07, 6.45) is 6.88. The normalized spacial score (nSPS) is 28.4. The molecule has 22 heavy (non-hydrogen) atoms. The Labute approximate surface area is 132 Å². The van der Waals surface area contributed by atoms with E-state index in [0.717, 1.165) is 43.8 Å². The Morgan fingerprint density at radius 3 is 2.91 bits per heavy atom. The smallest absolute Gasteiger partial charge is 0.124 e. The summed E-state index contributed by atoms with van der Waals surface area (Å²) in [5, 5.41) is 13.4. The van der Waals surface area contributed by atoms with Gasteiger partial charge in [0.05, 0.1) is 13.7 Å². The average Bonchev–Trinajstić information content (AvgIpc) is 2.77. The van der Waals surface area contributed by atoms with E-state index in [2.05, 4.69) is 11.4 Å². The Morgan fingerprint density at radius 1 is 1.23 bits per heavy atom. The van der Waals surface area contributed by atoms with E-state index in [1.807, 2.05) is 12.1 Å². The SMILES string of the molecule is COc1ccc2c(c1)C(NC1CCCCC1CO)CCCO2. The molecule has 1 saturated carbocycles. The highest BCUT2D eigenvalue weighted by molar-refractivity contribution is 5.42. The van der Waals surface area contributed by atoms with Gasteiger partial charge in [-0.3, -0.25) is 0 Å². The van der Waals surface area contributed by atoms with E-state index in [4.69, 9.17) is 9.47 Å². The molecule has 0 saturated heterocycles. The Hall–Kier alpha value is -1.26. The highest BCUT2D eigenvalue weighted by Crippen LogP contribution is 2.36. The first-order chi connectivity index (χ1) is 10.8. The van der Waals surface area contributed by atoms with Gasteiger partial charge in [-0.05, 0) is 49.8 Å². The third-order valence-electron chi connectivity index (χ3n) is 5.05. The first-order valence-electron chi connectivity index (χ1n) is 8.49. The van der Waals surface area contributed by atoms with Crippen LogP contribution in [-0.4, -0.2) is 31.5 Å². The monoisotopic (exact) mass is 305 g/mol. The summed E-state index contributed by atoms with van der Waals surface area (Å²) in [4.78, 5) is 0. The van der Waals surface area contributed by atoms with Gasteiger partial charge in [0, 0.05) is 24.3 Å². The number of methoxy groups -OCH3 is 1. The average molecular weight is 305 g/mol. The molecule has 3 unspecified atom stereocenters. The third kappa shape index (κ3) is 3.39. The van der Waals surface area contributed by atoms with Crippen LogP contribution in [0.2, 0.25) is 0 Å². The molecule has 1 aliphatic heterocycles. The summed E-state index contributed by atoms with van der Waals surface area (Å²) in [6.45, 7) is 1.05. The molecule has 122 valence electrons. The van der Waals surface area contributed by atoms with Gasteiger partial charge in [-0.2, -0.15) is 0 Å². The van der Waals surface area contributed by atoms with E-state index in [-0.39, 0.29) is 12.6 Å². The number of benzene rings is 1. The fourth-order valence-electron chi connectivity index (χ4n) is 3.76. The Balaban J connectivity index is 1.81. The van der Waals surface area contributed by atoms with Crippen molar-refractivity contribution in [3.63, 3.8) is 0 Å². The maximum atomic E-state index is 9.64. The molecule has 2 N–H and O–H groups in total. The lowest BCUT2D eigenvalue weighted by Gasteiger charge is -2.34. The summed E-state index contributed by atoms with van der Waals surface area (Å²) >= 11 is 0. The number of fused-ring (bicyclic) bond motifs is 1. The summed E-state index contributed by atoms with van der Waals surface area (Å²) in [7, 11) is 1.70. The van der Waals surface area contributed by atoms with Crippen molar-refractivity contribution >= 4 is 0 Å². The molecule has 1 aromatic carbocycles. The molecular formula is C18H27NO3. The molecule has 1 heterocycles. The number of hydrogen-bond donors (Lipinski definition) is 2. The molecule has 3 atom stereocenters. The molecule has 0 amide bonds. The number of aliphatic hydroxyl groups excluding tert-OH is 1. The second kappa shape index (κ2) is 7.34. The van der Waals surface area contributed by atoms with Crippen LogP contribution < -0.4 is 14.8 Å². The molecular weight excluding hydrogens is 278 g/mol. The van der Waals surface area contributed by atoms with Crippen LogP contribution in [0.3, 0.4) is 0 Å². The predicted octanol–water partition coefficient (Wildman–Crippen LogP) is 3.05. The van der Waals surface area contributed by atoms with E-state index in [1.165, 1.54) is 18.4 Å². The fraction of sp³-hybridized carbons (Fsp3) is 0.667.